The average Bonchev–Trinajstić information content (AvgIpc) is 2.53. The molecule has 1 atom stereocenters. The van der Waals surface area contributed by atoms with E-state index in [9.17, 15) is 22.8 Å². The predicted octanol–water partition coefficient (Wildman–Crippen LogP) is 3.25. The molecule has 1 unspecified atom stereocenters. The summed E-state index contributed by atoms with van der Waals surface area (Å²) in [6, 6.07) is 0.360. The topological polar surface area (TPSA) is 141 Å². The summed E-state index contributed by atoms with van der Waals surface area (Å²) < 4.78 is 43.8. The van der Waals surface area contributed by atoms with E-state index < -0.39 is 47.0 Å². The molecule has 0 bridgehead atoms. The summed E-state index contributed by atoms with van der Waals surface area (Å²) in [6.07, 6.45) is -4.41. The Kier molecular flexibility index (Phi) is 13.5. The van der Waals surface area contributed by atoms with Gasteiger partial charge in [0, 0.05) is 40.8 Å². The maximum Gasteiger partial charge on any atom is 0.421 e. The molecular weight excluding hydrogens is 734 g/mol. The van der Waals surface area contributed by atoms with Gasteiger partial charge < -0.3 is 25.8 Å². The van der Waals surface area contributed by atoms with Gasteiger partial charge in [-0.3, -0.25) is 0 Å². The van der Waals surface area contributed by atoms with E-state index in [1.165, 1.54) is 0 Å². The molecule has 0 saturated carbocycles. The molecule has 0 fully saturated rings. The zero-order chi connectivity index (χ0) is 19.9. The number of nitrogens with zero attached hydrogens (tertiary/aromatic N) is 1. The van der Waals surface area contributed by atoms with Crippen LogP contribution in [0.1, 0.15) is 48.2 Å². The second-order valence-corrected chi connectivity index (χ2v) is 5.45. The molecule has 0 aromatic carbocycles. The van der Waals surface area contributed by atoms with Crippen molar-refractivity contribution in [3.63, 3.8) is 0 Å². The maximum atomic E-state index is 13.0. The second kappa shape index (κ2) is 13.1. The van der Waals surface area contributed by atoms with E-state index in [2.05, 4.69) is 4.98 Å². The number of carbonyl (C=O) groups is 2. The van der Waals surface area contributed by atoms with Crippen LogP contribution in [0.15, 0.2) is 6.07 Å². The molecule has 28 heavy (non-hydrogen) atoms. The first-order valence-corrected chi connectivity index (χ1v) is 7.64. The molecule has 0 aliphatic heterocycles. The fourth-order valence-corrected chi connectivity index (χ4v) is 2.06. The predicted molar refractivity (Wildman–Crippen MR) is 82.4 cm³/mol. The molecule has 1 heterocycles. The Balaban J connectivity index is 0. The van der Waals surface area contributed by atoms with Gasteiger partial charge in [0.1, 0.15) is 11.3 Å². The number of ether oxygens (including phenoxy) is 1. The molecule has 1 rings (SSSR count). The Morgan fingerprint density at radius 1 is 1.14 bits per heavy atom. The molecule has 160 valence electrons. The number of aliphatic hydroxyl groups excluding tert-OH is 1. The van der Waals surface area contributed by atoms with Crippen LogP contribution in [0.3, 0.4) is 0 Å². The fourth-order valence-electron chi connectivity index (χ4n) is 2.06. The van der Waals surface area contributed by atoms with Crippen LogP contribution < -0.4 is 4.74 Å². The molecule has 0 amide bonds. The monoisotopic (exact) mass is 753 g/mol. The van der Waals surface area contributed by atoms with Crippen LogP contribution in [-0.4, -0.2) is 45.0 Å². The number of pyridine rings is 1. The van der Waals surface area contributed by atoms with Gasteiger partial charge in [0.25, 0.3) is 0 Å². The summed E-state index contributed by atoms with van der Waals surface area (Å²) in [5, 5.41) is 26.4. The number of halogens is 3. The summed E-state index contributed by atoms with van der Waals surface area (Å²) in [6.45, 7) is -0.159. The van der Waals surface area contributed by atoms with Gasteiger partial charge in [0.05, 0.1) is 6.61 Å². The van der Waals surface area contributed by atoms with Gasteiger partial charge in [-0.1, -0.05) is 25.3 Å². The van der Waals surface area contributed by atoms with E-state index >= 15 is 0 Å². The zero-order valence-electron chi connectivity index (χ0n) is 14.3. The number of rotatable bonds is 10. The summed E-state index contributed by atoms with van der Waals surface area (Å²) in [4.78, 5) is 24.6. The number of aromatic nitrogens is 1. The number of carboxylic acids is 2. The normalized spacial score (nSPS) is 11.7. The van der Waals surface area contributed by atoms with Crippen LogP contribution in [0.5, 0.6) is 5.88 Å². The SMILES string of the molecule is [NH-]c1cc(C(F)(F)F)c(OCCCCCCC(O)C(=O)O)nc1C(=O)O.[Re].[Re]. The molecule has 0 aliphatic rings. The maximum absolute atomic E-state index is 13.0. The van der Waals surface area contributed by atoms with Gasteiger partial charge in [0.2, 0.25) is 5.88 Å². The molecule has 4 N–H and O–H groups in total. The Bertz CT molecular complexity index is 661. The Morgan fingerprint density at radius 2 is 1.71 bits per heavy atom. The number of unbranched alkanes of at least 4 members (excludes halogenated alkanes) is 3. The minimum atomic E-state index is -4.85. The van der Waals surface area contributed by atoms with Crippen molar-refractivity contribution in [3.8, 4) is 5.88 Å². The third-order valence-corrected chi connectivity index (χ3v) is 3.39. The molecule has 13 heteroatoms. The molecule has 1 aromatic heterocycles. The summed E-state index contributed by atoms with van der Waals surface area (Å²) in [7, 11) is 0. The largest absolute Gasteiger partial charge is 0.697 e. The molecule has 1 aromatic rings. The summed E-state index contributed by atoms with van der Waals surface area (Å²) in [5.74, 6) is -3.84. The Hall–Kier alpha value is -1.24. The van der Waals surface area contributed by atoms with Crippen LogP contribution in [0.2, 0.25) is 0 Å². The zero-order valence-corrected chi connectivity index (χ0v) is 19.7. The van der Waals surface area contributed by atoms with Gasteiger partial charge in [0.15, 0.2) is 6.10 Å². The smallest absolute Gasteiger partial charge is 0.421 e. The van der Waals surface area contributed by atoms with Crippen LogP contribution in [-0.2, 0) is 51.8 Å². The third kappa shape index (κ3) is 9.31. The number of hydrogen-bond donors (Lipinski definition) is 3. The van der Waals surface area contributed by atoms with Crippen molar-refractivity contribution in [1.29, 1.82) is 0 Å². The van der Waals surface area contributed by atoms with Crippen molar-refractivity contribution < 1.29 is 83.7 Å². The van der Waals surface area contributed by atoms with Gasteiger partial charge in [-0.2, -0.15) is 13.2 Å². The fraction of sp³-hybridized carbons (Fsp3) is 0.533. The van der Waals surface area contributed by atoms with Gasteiger partial charge >= 0.3 is 18.1 Å². The van der Waals surface area contributed by atoms with Gasteiger partial charge in [-0.05, 0) is 12.8 Å². The van der Waals surface area contributed by atoms with Crippen molar-refractivity contribution >= 4 is 17.6 Å². The first kappa shape index (κ1) is 29.0. The number of nitrogens with one attached hydrogen (secondary N) is 1. The number of carboxylic acid groups (broad SMARTS) is 2. The standard InChI is InChI=1S/C15H18F3N2O6.2Re/c16-15(17,18)8-7-9(19)11(14(24)25)20-12(8)26-6-4-2-1-3-5-10(21)13(22)23;;/h7,10,19,21H,1-6H2,(H,22,23)(H,24,25);;/q-1;;. The third-order valence-electron chi connectivity index (χ3n) is 3.39. The Labute approximate surface area is 186 Å². The molecule has 0 spiro atoms. The summed E-state index contributed by atoms with van der Waals surface area (Å²) in [5.41, 5.74) is 4.29. The van der Waals surface area contributed by atoms with Crippen LogP contribution in [0.4, 0.5) is 18.9 Å². The van der Waals surface area contributed by atoms with Crippen molar-refractivity contribution in [1.82, 2.24) is 4.98 Å². The number of aromatic carboxylic acids is 1. The summed E-state index contributed by atoms with van der Waals surface area (Å²) >= 11 is 0. The second-order valence-electron chi connectivity index (χ2n) is 5.45. The van der Waals surface area contributed by atoms with E-state index in [1.807, 2.05) is 0 Å². The van der Waals surface area contributed by atoms with E-state index in [0.29, 0.717) is 31.7 Å². The number of alkyl halides is 3. The number of aliphatic carboxylic acids is 1. The van der Waals surface area contributed by atoms with E-state index in [0.717, 1.165) is 0 Å². The molecule has 8 nitrogen and oxygen atoms in total. The molecule has 0 aliphatic carbocycles. The van der Waals surface area contributed by atoms with E-state index in [-0.39, 0.29) is 53.9 Å². The first-order valence-electron chi connectivity index (χ1n) is 7.64. The van der Waals surface area contributed by atoms with E-state index in [4.69, 9.17) is 25.8 Å². The number of aliphatic hydroxyl groups is 1. The van der Waals surface area contributed by atoms with Crippen LogP contribution in [0, 0.1) is 0 Å². The van der Waals surface area contributed by atoms with Crippen molar-refractivity contribution in [2.24, 2.45) is 0 Å². The molecular formula is C15H18F3N2O6Re2-. The number of hydrogen-bond acceptors (Lipinski definition) is 5. The molecule has 2 radical (unpaired) electrons. The first-order chi connectivity index (χ1) is 12.0. The van der Waals surface area contributed by atoms with Crippen molar-refractivity contribution in [3.05, 3.63) is 23.1 Å². The average molecular weight is 752 g/mol. The van der Waals surface area contributed by atoms with Crippen LogP contribution in [0.25, 0.3) is 5.73 Å². The molecule has 0 saturated heterocycles. The van der Waals surface area contributed by atoms with Crippen molar-refractivity contribution in [2.75, 3.05) is 6.61 Å². The van der Waals surface area contributed by atoms with Gasteiger partial charge in [-0.15, -0.1) is 5.69 Å². The van der Waals surface area contributed by atoms with Crippen LogP contribution >= 0.6 is 0 Å². The minimum Gasteiger partial charge on any atom is -0.697 e. The quantitative estimate of drug-likeness (QED) is 0.312. The Morgan fingerprint density at radius 3 is 2.21 bits per heavy atom. The van der Waals surface area contributed by atoms with Gasteiger partial charge in [-0.25, -0.2) is 14.6 Å². The van der Waals surface area contributed by atoms with Crippen molar-refractivity contribution in [2.45, 2.75) is 44.4 Å². The minimum absolute atomic E-state index is 0. The van der Waals surface area contributed by atoms with E-state index in [1.54, 1.807) is 0 Å².